The monoisotopic (exact) mass is 229 g/mol. The average molecular weight is 229 g/mol. The summed E-state index contributed by atoms with van der Waals surface area (Å²) in [6, 6.07) is 3.18. The van der Waals surface area contributed by atoms with E-state index in [-0.39, 0.29) is 5.56 Å². The van der Waals surface area contributed by atoms with Crippen LogP contribution in [0.3, 0.4) is 0 Å². The van der Waals surface area contributed by atoms with Gasteiger partial charge >= 0.3 is 0 Å². The van der Waals surface area contributed by atoms with Crippen molar-refractivity contribution in [2.75, 3.05) is 7.11 Å². The van der Waals surface area contributed by atoms with Crippen LogP contribution in [0, 0.1) is 0 Å². The van der Waals surface area contributed by atoms with E-state index in [1.54, 1.807) is 6.07 Å². The van der Waals surface area contributed by atoms with Crippen LogP contribution < -0.4 is 10.5 Å². The predicted molar refractivity (Wildman–Crippen MR) is 59.9 cm³/mol. The fourth-order valence-corrected chi connectivity index (χ4v) is 1.53. The Bertz CT molecular complexity index is 364. The number of rotatable bonds is 4. The van der Waals surface area contributed by atoms with Gasteiger partial charge in [0, 0.05) is 5.56 Å². The third kappa shape index (κ3) is 2.32. The van der Waals surface area contributed by atoms with Crippen molar-refractivity contribution in [2.45, 2.75) is 32.2 Å². The Morgan fingerprint density at radius 2 is 2.06 bits per heavy atom. The highest BCUT2D eigenvalue weighted by Crippen LogP contribution is 2.33. The molecule has 0 aromatic heterocycles. The molecule has 16 heavy (non-hydrogen) atoms. The van der Waals surface area contributed by atoms with Gasteiger partial charge in [-0.15, -0.1) is 0 Å². The van der Waals surface area contributed by atoms with Crippen molar-refractivity contribution in [1.29, 1.82) is 0 Å². The fraction of sp³-hybridized carbons (Fsp3) is 0.500. The number of aryl methyl sites for hydroxylation is 1. The first-order valence-corrected chi connectivity index (χ1v) is 5.24. The Morgan fingerprint density at radius 1 is 1.44 bits per heavy atom. The van der Waals surface area contributed by atoms with Gasteiger partial charge in [0.25, 0.3) is 5.92 Å². The predicted octanol–water partition coefficient (Wildman–Crippen LogP) is 2.70. The smallest absolute Gasteiger partial charge is 0.287 e. The SMILES string of the molecule is CCc1cc(C(F)(F)C(C)N)ccc1OC. The zero-order valence-corrected chi connectivity index (χ0v) is 9.76. The van der Waals surface area contributed by atoms with Crippen molar-refractivity contribution in [2.24, 2.45) is 5.73 Å². The molecule has 0 aliphatic rings. The van der Waals surface area contributed by atoms with E-state index in [1.165, 1.54) is 26.2 Å². The average Bonchev–Trinajstić information content (AvgIpc) is 2.27. The molecule has 0 saturated carbocycles. The van der Waals surface area contributed by atoms with Gasteiger partial charge in [0.2, 0.25) is 0 Å². The van der Waals surface area contributed by atoms with Crippen LogP contribution >= 0.6 is 0 Å². The molecule has 0 saturated heterocycles. The zero-order chi connectivity index (χ0) is 12.3. The molecule has 0 aliphatic heterocycles. The first kappa shape index (κ1) is 12.9. The Hall–Kier alpha value is -1.16. The molecular formula is C12H17F2NO. The standard InChI is InChI=1S/C12H17F2NO/c1-4-9-7-10(5-6-11(9)16-3)12(13,14)8(2)15/h5-8H,4,15H2,1-3H3. The first-order valence-electron chi connectivity index (χ1n) is 5.24. The molecule has 0 heterocycles. The summed E-state index contributed by atoms with van der Waals surface area (Å²) >= 11 is 0. The maximum Gasteiger partial charge on any atom is 0.287 e. The lowest BCUT2D eigenvalue weighted by Gasteiger charge is -2.21. The van der Waals surface area contributed by atoms with Crippen LogP contribution in [0.1, 0.15) is 25.0 Å². The van der Waals surface area contributed by atoms with E-state index >= 15 is 0 Å². The van der Waals surface area contributed by atoms with Gasteiger partial charge in [-0.25, -0.2) is 0 Å². The number of hydrogen-bond donors (Lipinski definition) is 1. The normalized spacial score (nSPS) is 13.6. The largest absolute Gasteiger partial charge is 0.496 e. The summed E-state index contributed by atoms with van der Waals surface area (Å²) in [5, 5.41) is 0. The van der Waals surface area contributed by atoms with Crippen molar-refractivity contribution in [3.05, 3.63) is 29.3 Å². The van der Waals surface area contributed by atoms with Crippen LogP contribution in [0.25, 0.3) is 0 Å². The second-order valence-corrected chi connectivity index (χ2v) is 3.79. The number of hydrogen-bond acceptors (Lipinski definition) is 2. The van der Waals surface area contributed by atoms with Crippen LogP contribution in [0.15, 0.2) is 18.2 Å². The molecular weight excluding hydrogens is 212 g/mol. The summed E-state index contributed by atoms with van der Waals surface area (Å²) in [4.78, 5) is 0. The molecule has 0 spiro atoms. The summed E-state index contributed by atoms with van der Waals surface area (Å²) in [5.74, 6) is -2.37. The minimum absolute atomic E-state index is 0.0554. The molecule has 0 amide bonds. The first-order chi connectivity index (χ1) is 7.43. The van der Waals surface area contributed by atoms with Crippen LogP contribution in [-0.2, 0) is 12.3 Å². The zero-order valence-electron chi connectivity index (χ0n) is 9.76. The van der Waals surface area contributed by atoms with Gasteiger partial charge in [-0.2, -0.15) is 8.78 Å². The molecule has 1 rings (SSSR count). The lowest BCUT2D eigenvalue weighted by Crippen LogP contribution is -2.35. The Balaban J connectivity index is 3.17. The highest BCUT2D eigenvalue weighted by atomic mass is 19.3. The molecule has 0 aliphatic carbocycles. The summed E-state index contributed by atoms with van der Waals surface area (Å²) in [7, 11) is 1.53. The summed E-state index contributed by atoms with van der Waals surface area (Å²) < 4.78 is 32.4. The lowest BCUT2D eigenvalue weighted by atomic mass is 9.99. The summed E-state index contributed by atoms with van der Waals surface area (Å²) in [6.45, 7) is 3.20. The van der Waals surface area contributed by atoms with Gasteiger partial charge in [0.1, 0.15) is 5.75 Å². The maximum atomic E-state index is 13.7. The molecule has 0 radical (unpaired) electrons. The third-order valence-electron chi connectivity index (χ3n) is 2.62. The van der Waals surface area contributed by atoms with Gasteiger partial charge in [-0.3, -0.25) is 0 Å². The fourth-order valence-electron chi connectivity index (χ4n) is 1.53. The summed E-state index contributed by atoms with van der Waals surface area (Å²) in [6.07, 6.45) is 0.645. The number of benzene rings is 1. The van der Waals surface area contributed by atoms with E-state index in [2.05, 4.69) is 0 Å². The quantitative estimate of drug-likeness (QED) is 0.861. The van der Waals surface area contributed by atoms with Gasteiger partial charge in [0.05, 0.1) is 13.2 Å². The van der Waals surface area contributed by atoms with Crippen LogP contribution in [0.5, 0.6) is 5.75 Å². The van der Waals surface area contributed by atoms with E-state index in [9.17, 15) is 8.78 Å². The number of ether oxygens (including phenoxy) is 1. The van der Waals surface area contributed by atoms with Gasteiger partial charge in [0.15, 0.2) is 0 Å². The summed E-state index contributed by atoms with van der Waals surface area (Å²) in [5.41, 5.74) is 5.99. The number of nitrogens with two attached hydrogens (primary N) is 1. The highest BCUT2D eigenvalue weighted by Gasteiger charge is 2.36. The molecule has 0 bridgehead atoms. The van der Waals surface area contributed by atoms with E-state index in [1.807, 2.05) is 6.92 Å². The van der Waals surface area contributed by atoms with Gasteiger partial charge in [-0.05, 0) is 37.1 Å². The molecule has 1 unspecified atom stereocenters. The lowest BCUT2D eigenvalue weighted by molar-refractivity contribution is -0.0257. The third-order valence-corrected chi connectivity index (χ3v) is 2.62. The molecule has 1 atom stereocenters. The molecule has 4 heteroatoms. The van der Waals surface area contributed by atoms with E-state index in [4.69, 9.17) is 10.5 Å². The van der Waals surface area contributed by atoms with Crippen LogP contribution in [0.4, 0.5) is 8.78 Å². The van der Waals surface area contributed by atoms with Crippen LogP contribution in [0.2, 0.25) is 0 Å². The van der Waals surface area contributed by atoms with Crippen molar-refractivity contribution < 1.29 is 13.5 Å². The molecule has 90 valence electrons. The molecule has 2 N–H and O–H groups in total. The molecule has 1 aromatic carbocycles. The van der Waals surface area contributed by atoms with Gasteiger partial charge in [-0.1, -0.05) is 6.92 Å². The van der Waals surface area contributed by atoms with Crippen molar-refractivity contribution in [3.63, 3.8) is 0 Å². The van der Waals surface area contributed by atoms with E-state index in [0.717, 1.165) is 5.56 Å². The number of methoxy groups -OCH3 is 1. The Kier molecular flexibility index (Phi) is 3.86. The minimum atomic E-state index is -3.00. The highest BCUT2D eigenvalue weighted by molar-refractivity contribution is 5.39. The van der Waals surface area contributed by atoms with Crippen molar-refractivity contribution in [3.8, 4) is 5.75 Å². The van der Waals surface area contributed by atoms with Crippen molar-refractivity contribution in [1.82, 2.24) is 0 Å². The van der Waals surface area contributed by atoms with E-state index in [0.29, 0.717) is 12.2 Å². The number of halogens is 2. The molecule has 2 nitrogen and oxygen atoms in total. The topological polar surface area (TPSA) is 35.2 Å². The number of alkyl halides is 2. The maximum absolute atomic E-state index is 13.7. The Labute approximate surface area is 94.4 Å². The van der Waals surface area contributed by atoms with Crippen molar-refractivity contribution >= 4 is 0 Å². The molecule has 0 fully saturated rings. The second-order valence-electron chi connectivity index (χ2n) is 3.79. The van der Waals surface area contributed by atoms with E-state index < -0.39 is 12.0 Å². The minimum Gasteiger partial charge on any atom is -0.496 e. The van der Waals surface area contributed by atoms with Gasteiger partial charge < -0.3 is 10.5 Å². The Morgan fingerprint density at radius 3 is 2.50 bits per heavy atom. The molecule has 1 aromatic rings. The van der Waals surface area contributed by atoms with Crippen LogP contribution in [-0.4, -0.2) is 13.2 Å². The second kappa shape index (κ2) is 4.78.